The third-order valence-electron chi connectivity index (χ3n) is 3.25. The van der Waals surface area contributed by atoms with E-state index in [0.29, 0.717) is 18.7 Å². The summed E-state index contributed by atoms with van der Waals surface area (Å²) in [5, 5.41) is 18.8. The van der Waals surface area contributed by atoms with E-state index >= 15 is 0 Å². The first-order chi connectivity index (χ1) is 8.48. The van der Waals surface area contributed by atoms with Crippen molar-refractivity contribution in [3.8, 4) is 6.07 Å². The van der Waals surface area contributed by atoms with Crippen LogP contribution in [0.15, 0.2) is 18.2 Å². The molecule has 1 aromatic rings. The van der Waals surface area contributed by atoms with Crippen LogP contribution in [0.1, 0.15) is 30.9 Å². The normalized spacial score (nSPS) is 24.8. The van der Waals surface area contributed by atoms with Crippen LogP contribution in [-0.2, 0) is 6.54 Å². The number of aliphatic hydroxyl groups is 1. The van der Waals surface area contributed by atoms with Crippen molar-refractivity contribution in [3.63, 3.8) is 0 Å². The van der Waals surface area contributed by atoms with Gasteiger partial charge in [0, 0.05) is 13.1 Å². The molecule has 96 valence electrons. The summed E-state index contributed by atoms with van der Waals surface area (Å²) in [5.74, 6) is -0.382. The van der Waals surface area contributed by atoms with Gasteiger partial charge in [-0.15, -0.1) is 0 Å². The van der Waals surface area contributed by atoms with Crippen molar-refractivity contribution in [2.24, 2.45) is 0 Å². The van der Waals surface area contributed by atoms with Gasteiger partial charge in [-0.3, -0.25) is 4.90 Å². The number of β-amino-alcohol motifs (C(OH)–C–C–N with tert-alkyl or cyclic N) is 1. The fraction of sp³-hybridized carbons (Fsp3) is 0.500. The quantitative estimate of drug-likeness (QED) is 0.871. The van der Waals surface area contributed by atoms with Gasteiger partial charge in [0.2, 0.25) is 0 Å². The monoisotopic (exact) mass is 248 g/mol. The van der Waals surface area contributed by atoms with Crippen LogP contribution in [0.4, 0.5) is 4.39 Å². The van der Waals surface area contributed by atoms with Crippen LogP contribution in [0.3, 0.4) is 0 Å². The third-order valence-corrected chi connectivity index (χ3v) is 3.25. The number of nitrogens with zero attached hydrogens (tertiary/aromatic N) is 2. The number of nitriles is 1. The van der Waals surface area contributed by atoms with Crippen LogP contribution in [0.5, 0.6) is 0 Å². The Bertz CT molecular complexity index is 479. The zero-order valence-corrected chi connectivity index (χ0v) is 10.5. The molecule has 1 unspecified atom stereocenters. The Balaban J connectivity index is 2.10. The van der Waals surface area contributed by atoms with Crippen LogP contribution in [0, 0.1) is 17.1 Å². The van der Waals surface area contributed by atoms with Gasteiger partial charge in [-0.05, 0) is 50.1 Å². The van der Waals surface area contributed by atoms with Gasteiger partial charge in [0.25, 0.3) is 0 Å². The Morgan fingerprint density at radius 3 is 2.94 bits per heavy atom. The van der Waals surface area contributed by atoms with E-state index < -0.39 is 5.60 Å². The first-order valence-electron chi connectivity index (χ1n) is 6.13. The first kappa shape index (κ1) is 13.0. The summed E-state index contributed by atoms with van der Waals surface area (Å²) in [6, 6.07) is 6.34. The predicted octanol–water partition coefficient (Wildman–Crippen LogP) is 2.04. The molecule has 0 radical (unpaired) electrons. The molecular weight excluding hydrogens is 231 g/mol. The summed E-state index contributed by atoms with van der Waals surface area (Å²) in [4.78, 5) is 2.10. The molecule has 0 saturated carbocycles. The van der Waals surface area contributed by atoms with Crippen LogP contribution in [0.25, 0.3) is 0 Å². The molecule has 18 heavy (non-hydrogen) atoms. The molecule has 3 nitrogen and oxygen atoms in total. The highest BCUT2D eigenvalue weighted by Crippen LogP contribution is 2.22. The Hall–Kier alpha value is -1.44. The fourth-order valence-corrected chi connectivity index (χ4v) is 2.52. The number of hydrogen-bond acceptors (Lipinski definition) is 3. The van der Waals surface area contributed by atoms with Gasteiger partial charge in [0.05, 0.1) is 17.2 Å². The van der Waals surface area contributed by atoms with E-state index in [1.54, 1.807) is 6.07 Å². The molecule has 0 spiro atoms. The second-order valence-corrected chi connectivity index (χ2v) is 5.27. The van der Waals surface area contributed by atoms with E-state index in [2.05, 4.69) is 4.90 Å². The highest BCUT2D eigenvalue weighted by molar-refractivity contribution is 5.33. The van der Waals surface area contributed by atoms with Gasteiger partial charge < -0.3 is 5.11 Å². The summed E-state index contributed by atoms with van der Waals surface area (Å²) in [7, 11) is 0. The highest BCUT2D eigenvalue weighted by Gasteiger charge is 2.28. The molecule has 1 saturated heterocycles. The smallest absolute Gasteiger partial charge is 0.124 e. The molecule has 0 bridgehead atoms. The number of benzene rings is 1. The molecule has 0 aliphatic carbocycles. The summed E-state index contributed by atoms with van der Waals surface area (Å²) in [6.07, 6.45) is 1.74. The zero-order valence-electron chi connectivity index (χ0n) is 10.5. The maximum absolute atomic E-state index is 13.3. The molecule has 1 atom stereocenters. The minimum atomic E-state index is -0.663. The van der Waals surface area contributed by atoms with Gasteiger partial charge in [0.1, 0.15) is 5.82 Å². The molecule has 0 aromatic heterocycles. The zero-order chi connectivity index (χ0) is 13.2. The Labute approximate surface area is 106 Å². The molecule has 1 fully saturated rings. The average molecular weight is 248 g/mol. The molecule has 2 rings (SSSR count). The maximum atomic E-state index is 13.3. The van der Waals surface area contributed by atoms with Crippen molar-refractivity contribution in [3.05, 3.63) is 35.1 Å². The van der Waals surface area contributed by atoms with E-state index in [-0.39, 0.29) is 5.82 Å². The standard InChI is InChI=1S/C14H17FN2O/c1-14(18)3-2-4-17(10-14)9-12-5-11(8-16)6-13(15)7-12/h5-7,18H,2-4,9-10H2,1H3. The largest absolute Gasteiger partial charge is 0.389 e. The number of rotatable bonds is 2. The van der Waals surface area contributed by atoms with E-state index in [0.717, 1.165) is 24.9 Å². The third kappa shape index (κ3) is 3.28. The maximum Gasteiger partial charge on any atom is 0.124 e. The summed E-state index contributed by atoms with van der Waals surface area (Å²) < 4.78 is 13.3. The van der Waals surface area contributed by atoms with E-state index in [9.17, 15) is 9.50 Å². The topological polar surface area (TPSA) is 47.3 Å². The van der Waals surface area contributed by atoms with Crippen molar-refractivity contribution < 1.29 is 9.50 Å². The second-order valence-electron chi connectivity index (χ2n) is 5.27. The van der Waals surface area contributed by atoms with Gasteiger partial charge in [-0.2, -0.15) is 5.26 Å². The number of halogens is 1. The van der Waals surface area contributed by atoms with Crippen molar-refractivity contribution in [2.45, 2.75) is 31.9 Å². The van der Waals surface area contributed by atoms with Gasteiger partial charge in [-0.25, -0.2) is 4.39 Å². The molecule has 4 heteroatoms. The lowest BCUT2D eigenvalue weighted by molar-refractivity contribution is -0.0181. The summed E-state index contributed by atoms with van der Waals surface area (Å²) >= 11 is 0. The minimum absolute atomic E-state index is 0.341. The minimum Gasteiger partial charge on any atom is -0.389 e. The lowest BCUT2D eigenvalue weighted by Gasteiger charge is -2.36. The lowest BCUT2D eigenvalue weighted by atomic mass is 9.95. The van der Waals surface area contributed by atoms with E-state index in [4.69, 9.17) is 5.26 Å². The molecule has 1 aromatic carbocycles. The van der Waals surface area contributed by atoms with Crippen LogP contribution < -0.4 is 0 Å². The Morgan fingerprint density at radius 2 is 2.28 bits per heavy atom. The van der Waals surface area contributed by atoms with E-state index in [1.165, 1.54) is 12.1 Å². The molecule has 1 aliphatic heterocycles. The van der Waals surface area contributed by atoms with Crippen molar-refractivity contribution >= 4 is 0 Å². The van der Waals surface area contributed by atoms with Crippen LogP contribution >= 0.6 is 0 Å². The number of likely N-dealkylation sites (tertiary alicyclic amines) is 1. The van der Waals surface area contributed by atoms with Crippen molar-refractivity contribution in [2.75, 3.05) is 13.1 Å². The average Bonchev–Trinajstić information content (AvgIpc) is 2.26. The van der Waals surface area contributed by atoms with Gasteiger partial charge in [-0.1, -0.05) is 0 Å². The molecule has 1 N–H and O–H groups in total. The molecule has 1 aliphatic rings. The number of hydrogen-bond donors (Lipinski definition) is 1. The second kappa shape index (κ2) is 5.05. The highest BCUT2D eigenvalue weighted by atomic mass is 19.1. The van der Waals surface area contributed by atoms with Gasteiger partial charge >= 0.3 is 0 Å². The van der Waals surface area contributed by atoms with Crippen molar-refractivity contribution in [1.29, 1.82) is 5.26 Å². The summed E-state index contributed by atoms with van der Waals surface area (Å²) in [5.41, 5.74) is 0.460. The Kier molecular flexibility index (Phi) is 3.65. The fourth-order valence-electron chi connectivity index (χ4n) is 2.52. The molecule has 1 heterocycles. The van der Waals surface area contributed by atoms with E-state index in [1.807, 2.05) is 13.0 Å². The van der Waals surface area contributed by atoms with Gasteiger partial charge in [0.15, 0.2) is 0 Å². The first-order valence-corrected chi connectivity index (χ1v) is 6.13. The SMILES string of the molecule is CC1(O)CCCN(Cc2cc(F)cc(C#N)c2)C1. The molecule has 0 amide bonds. The molecular formula is C14H17FN2O. The lowest BCUT2D eigenvalue weighted by Crippen LogP contribution is -2.45. The van der Waals surface area contributed by atoms with Crippen LogP contribution in [-0.4, -0.2) is 28.7 Å². The predicted molar refractivity (Wildman–Crippen MR) is 66.2 cm³/mol. The Morgan fingerprint density at radius 1 is 1.50 bits per heavy atom. The number of piperidine rings is 1. The van der Waals surface area contributed by atoms with Crippen LogP contribution in [0.2, 0.25) is 0 Å². The summed E-state index contributed by atoms with van der Waals surface area (Å²) in [6.45, 7) is 3.88. The van der Waals surface area contributed by atoms with Crippen molar-refractivity contribution in [1.82, 2.24) is 4.90 Å².